The molecule has 0 spiro atoms. The van der Waals surface area contributed by atoms with E-state index in [1.54, 1.807) is 12.1 Å². The van der Waals surface area contributed by atoms with Crippen LogP contribution in [0.3, 0.4) is 0 Å². The van der Waals surface area contributed by atoms with Crippen LogP contribution in [0.15, 0.2) is 28.6 Å². The first-order valence-electron chi connectivity index (χ1n) is 5.44. The molecule has 1 aromatic rings. The highest BCUT2D eigenvalue weighted by atomic mass is 32.2. The van der Waals surface area contributed by atoms with Crippen molar-refractivity contribution in [3.63, 3.8) is 0 Å². The lowest BCUT2D eigenvalue weighted by atomic mass is 10.1. The summed E-state index contributed by atoms with van der Waals surface area (Å²) in [4.78, 5) is 23.0. The van der Waals surface area contributed by atoms with Crippen molar-refractivity contribution in [1.82, 2.24) is 0 Å². The molecule has 0 saturated heterocycles. The topological polar surface area (TPSA) is 75.6 Å². The monoisotopic (exact) mass is 268 g/mol. The Labute approximate surface area is 107 Å². The van der Waals surface area contributed by atoms with Gasteiger partial charge in [0.05, 0.1) is 0 Å². The second kappa shape index (κ2) is 5.77. The van der Waals surface area contributed by atoms with Gasteiger partial charge in [-0.3, -0.25) is 9.59 Å². The van der Waals surface area contributed by atoms with Gasteiger partial charge in [-0.25, -0.2) is 4.21 Å². The molecule has 5 nitrogen and oxygen atoms in total. The Morgan fingerprint density at radius 1 is 1.28 bits per heavy atom. The van der Waals surface area contributed by atoms with E-state index >= 15 is 0 Å². The summed E-state index contributed by atoms with van der Waals surface area (Å²) in [7, 11) is -2.61. The van der Waals surface area contributed by atoms with Crippen LogP contribution in [0.1, 0.15) is 12.5 Å². The largest absolute Gasteiger partial charge is 0.343 e. The van der Waals surface area contributed by atoms with Gasteiger partial charge in [-0.15, -0.1) is 0 Å². The first-order chi connectivity index (χ1) is 8.33. The summed E-state index contributed by atoms with van der Waals surface area (Å²) < 4.78 is 14.6. The van der Waals surface area contributed by atoms with Gasteiger partial charge in [0, 0.05) is 27.9 Å². The summed E-state index contributed by atoms with van der Waals surface area (Å²) in [5, 5.41) is 2.48. The van der Waals surface area contributed by atoms with Gasteiger partial charge in [0.2, 0.25) is 0 Å². The van der Waals surface area contributed by atoms with E-state index in [-0.39, 0.29) is 0 Å². The lowest BCUT2D eigenvalue weighted by Crippen LogP contribution is -2.22. The first-order valence-corrected chi connectivity index (χ1v) is 7.77. The number of nitrogens with one attached hydrogen (secondary N) is 1. The molecule has 1 rings (SSSR count). The van der Waals surface area contributed by atoms with Crippen molar-refractivity contribution in [2.45, 2.75) is 13.3 Å². The Balaban J connectivity index is 2.89. The first kappa shape index (κ1) is 14.4. The maximum absolute atomic E-state index is 11.6. The summed E-state index contributed by atoms with van der Waals surface area (Å²) in [6.45, 7) is 1.95. The predicted molar refractivity (Wildman–Crippen MR) is 71.9 cm³/mol. The lowest BCUT2D eigenvalue weighted by molar-refractivity contribution is -0.133. The highest BCUT2D eigenvalue weighted by molar-refractivity contribution is 7.92. The van der Waals surface area contributed by atoms with Gasteiger partial charge >= 0.3 is 11.8 Å². The minimum Gasteiger partial charge on any atom is -0.317 e. The molecule has 2 amide bonds. The number of para-hydroxylation sites is 1. The molecule has 0 aliphatic rings. The number of hydrogen-bond donors (Lipinski definition) is 1. The van der Waals surface area contributed by atoms with Crippen LogP contribution in [-0.2, 0) is 25.7 Å². The third-order valence-corrected chi connectivity index (χ3v) is 2.75. The van der Waals surface area contributed by atoms with E-state index in [0.29, 0.717) is 5.69 Å². The number of anilines is 1. The van der Waals surface area contributed by atoms with Gasteiger partial charge in [-0.05, 0) is 18.1 Å². The summed E-state index contributed by atoms with van der Waals surface area (Å²) in [6.07, 6.45) is 3.34. The number of rotatable bonds is 2. The van der Waals surface area contributed by atoms with Gasteiger partial charge in [-0.2, -0.15) is 4.36 Å². The summed E-state index contributed by atoms with van der Waals surface area (Å²) >= 11 is 0. The Kier molecular flexibility index (Phi) is 4.61. The average molecular weight is 268 g/mol. The molecule has 0 fully saturated rings. The van der Waals surface area contributed by atoms with Gasteiger partial charge in [-0.1, -0.05) is 25.1 Å². The molecular formula is C12H16N2O3S. The molecule has 0 aliphatic carbocycles. The Morgan fingerprint density at radius 3 is 2.44 bits per heavy atom. The molecule has 18 heavy (non-hydrogen) atoms. The van der Waals surface area contributed by atoms with Crippen molar-refractivity contribution in [3.8, 4) is 0 Å². The van der Waals surface area contributed by atoms with Gasteiger partial charge in [0.25, 0.3) is 0 Å². The van der Waals surface area contributed by atoms with Crippen molar-refractivity contribution in [1.29, 1.82) is 0 Å². The molecule has 0 aromatic heterocycles. The molecule has 98 valence electrons. The van der Waals surface area contributed by atoms with Crippen LogP contribution in [0, 0.1) is 0 Å². The van der Waals surface area contributed by atoms with E-state index in [0.717, 1.165) is 12.0 Å². The van der Waals surface area contributed by atoms with Crippen molar-refractivity contribution >= 4 is 27.2 Å². The zero-order valence-corrected chi connectivity index (χ0v) is 11.4. The lowest BCUT2D eigenvalue weighted by Gasteiger charge is -2.07. The number of nitrogens with zero attached hydrogens (tertiary/aromatic N) is 1. The van der Waals surface area contributed by atoms with Crippen molar-refractivity contribution in [3.05, 3.63) is 29.8 Å². The smallest absolute Gasteiger partial charge is 0.317 e. The minimum atomic E-state index is -2.61. The third-order valence-electron chi connectivity index (χ3n) is 2.14. The number of carbonyl (C=O) groups excluding carboxylic acids is 2. The Hall–Kier alpha value is -1.69. The van der Waals surface area contributed by atoms with E-state index in [1.807, 2.05) is 19.1 Å². The van der Waals surface area contributed by atoms with Crippen LogP contribution in [-0.4, -0.2) is 28.5 Å². The standard InChI is InChI=1S/C12H16N2O3S/c1-4-9-7-5-6-8-10(9)13-11(15)12(16)14-18(2,3)17/h5-8H,4H2,1-3H3,(H,13,15). The van der Waals surface area contributed by atoms with Crippen molar-refractivity contribution in [2.24, 2.45) is 4.36 Å². The molecule has 1 aromatic carbocycles. The zero-order chi connectivity index (χ0) is 13.8. The van der Waals surface area contributed by atoms with E-state index in [9.17, 15) is 13.8 Å². The number of amides is 2. The average Bonchev–Trinajstić information content (AvgIpc) is 2.27. The maximum Gasteiger partial charge on any atom is 0.343 e. The quantitative estimate of drug-likeness (QED) is 0.825. The fourth-order valence-corrected chi connectivity index (χ4v) is 1.85. The predicted octanol–water partition coefficient (Wildman–Crippen LogP) is 1.44. The summed E-state index contributed by atoms with van der Waals surface area (Å²) in [5.41, 5.74) is 1.50. The zero-order valence-electron chi connectivity index (χ0n) is 10.6. The van der Waals surface area contributed by atoms with Gasteiger partial charge in [0.1, 0.15) is 0 Å². The minimum absolute atomic E-state index is 0.576. The molecule has 0 unspecified atom stereocenters. The molecule has 1 N–H and O–H groups in total. The molecule has 0 heterocycles. The van der Waals surface area contributed by atoms with Crippen LogP contribution in [0.2, 0.25) is 0 Å². The second-order valence-electron chi connectivity index (χ2n) is 4.04. The van der Waals surface area contributed by atoms with E-state index < -0.39 is 21.5 Å². The van der Waals surface area contributed by atoms with Crippen molar-refractivity contribution in [2.75, 3.05) is 17.8 Å². The third kappa shape index (κ3) is 4.29. The molecule has 0 bridgehead atoms. The van der Waals surface area contributed by atoms with E-state index in [2.05, 4.69) is 9.68 Å². The summed E-state index contributed by atoms with van der Waals surface area (Å²) in [5.74, 6) is -1.89. The van der Waals surface area contributed by atoms with Gasteiger partial charge in [0.15, 0.2) is 0 Å². The highest BCUT2D eigenvalue weighted by Gasteiger charge is 2.15. The fraction of sp³-hybridized carbons (Fsp3) is 0.333. The molecular weight excluding hydrogens is 252 g/mol. The molecule has 0 aliphatic heterocycles. The summed E-state index contributed by atoms with van der Waals surface area (Å²) in [6, 6.07) is 7.18. The maximum atomic E-state index is 11.6. The SMILES string of the molecule is CCc1ccccc1NC(=O)C(=O)N=S(C)(C)=O. The van der Waals surface area contributed by atoms with E-state index in [1.165, 1.54) is 12.5 Å². The van der Waals surface area contributed by atoms with Crippen LogP contribution in [0.25, 0.3) is 0 Å². The number of carbonyl (C=O) groups is 2. The van der Waals surface area contributed by atoms with Crippen LogP contribution in [0.5, 0.6) is 0 Å². The van der Waals surface area contributed by atoms with Gasteiger partial charge < -0.3 is 5.32 Å². The van der Waals surface area contributed by atoms with E-state index in [4.69, 9.17) is 0 Å². The highest BCUT2D eigenvalue weighted by Crippen LogP contribution is 2.15. The fourth-order valence-electron chi connectivity index (χ4n) is 1.37. The molecule has 0 atom stereocenters. The Bertz CT molecular complexity index is 579. The number of hydrogen-bond acceptors (Lipinski definition) is 3. The van der Waals surface area contributed by atoms with Crippen molar-refractivity contribution < 1.29 is 13.8 Å². The van der Waals surface area contributed by atoms with Crippen LogP contribution < -0.4 is 5.32 Å². The molecule has 0 saturated carbocycles. The molecule has 0 radical (unpaired) electrons. The van der Waals surface area contributed by atoms with Crippen LogP contribution in [0.4, 0.5) is 5.69 Å². The molecule has 6 heteroatoms. The second-order valence-corrected chi connectivity index (χ2v) is 6.59. The number of aryl methyl sites for hydroxylation is 1. The van der Waals surface area contributed by atoms with Crippen LogP contribution >= 0.6 is 0 Å². The normalized spacial score (nSPS) is 10.8. The Morgan fingerprint density at radius 2 is 1.89 bits per heavy atom. The number of benzene rings is 1.